The number of aromatic nitrogens is 2. The molecule has 0 saturated heterocycles. The summed E-state index contributed by atoms with van der Waals surface area (Å²) in [6.45, 7) is 0. The van der Waals surface area contributed by atoms with E-state index in [1.807, 2.05) is 0 Å². The van der Waals surface area contributed by atoms with Gasteiger partial charge in [0.25, 0.3) is 5.91 Å². The van der Waals surface area contributed by atoms with Gasteiger partial charge < -0.3 is 15.4 Å². The van der Waals surface area contributed by atoms with Crippen LogP contribution >= 0.6 is 11.6 Å². The molecule has 1 aromatic heterocycles. The maximum atomic E-state index is 13.2. The highest BCUT2D eigenvalue weighted by Gasteiger charge is 2.08. The summed E-state index contributed by atoms with van der Waals surface area (Å²) < 4.78 is 18.2. The van der Waals surface area contributed by atoms with E-state index < -0.39 is 5.82 Å². The van der Waals surface area contributed by atoms with Crippen LogP contribution in [0, 0.1) is 5.82 Å². The summed E-state index contributed by atoms with van der Waals surface area (Å²) >= 11 is 5.73. The zero-order valence-corrected chi connectivity index (χ0v) is 14.4. The molecule has 0 spiro atoms. The van der Waals surface area contributed by atoms with E-state index in [0.29, 0.717) is 28.6 Å². The molecule has 0 aliphatic rings. The predicted molar refractivity (Wildman–Crippen MR) is 97.7 cm³/mol. The average Bonchev–Trinajstić information content (AvgIpc) is 2.66. The van der Waals surface area contributed by atoms with Gasteiger partial charge in [0.15, 0.2) is 11.6 Å². The molecule has 1 heterocycles. The number of halogens is 2. The fourth-order valence-corrected chi connectivity index (χ4v) is 2.30. The zero-order valence-electron chi connectivity index (χ0n) is 13.7. The van der Waals surface area contributed by atoms with Crippen LogP contribution < -0.4 is 15.4 Å². The molecule has 8 heteroatoms. The van der Waals surface area contributed by atoms with Gasteiger partial charge >= 0.3 is 0 Å². The van der Waals surface area contributed by atoms with Crippen molar-refractivity contribution in [3.8, 4) is 5.75 Å². The molecule has 0 aliphatic heterocycles. The Morgan fingerprint density at radius 3 is 2.35 bits per heavy atom. The maximum Gasteiger partial charge on any atom is 0.256 e. The normalized spacial score (nSPS) is 10.3. The highest BCUT2D eigenvalue weighted by molar-refractivity contribution is 6.31. The average molecular weight is 373 g/mol. The monoisotopic (exact) mass is 372 g/mol. The number of methoxy groups -OCH3 is 1. The quantitative estimate of drug-likeness (QED) is 0.699. The molecule has 2 aromatic carbocycles. The molecule has 3 rings (SSSR count). The second-order valence-corrected chi connectivity index (χ2v) is 5.65. The van der Waals surface area contributed by atoms with E-state index in [2.05, 4.69) is 20.8 Å². The molecule has 26 heavy (non-hydrogen) atoms. The summed E-state index contributed by atoms with van der Waals surface area (Å²) in [4.78, 5) is 12.2. The molecule has 0 fully saturated rings. The van der Waals surface area contributed by atoms with E-state index in [0.717, 1.165) is 0 Å². The van der Waals surface area contributed by atoms with Crippen LogP contribution in [-0.2, 0) is 0 Å². The summed E-state index contributed by atoms with van der Waals surface area (Å²) in [5.74, 6) is 0.578. The number of benzene rings is 2. The third kappa shape index (κ3) is 4.25. The number of carbonyl (C=O) groups excluding carboxylic acids is 1. The Morgan fingerprint density at radius 1 is 1.04 bits per heavy atom. The highest BCUT2D eigenvalue weighted by Crippen LogP contribution is 2.22. The van der Waals surface area contributed by atoms with Crippen LogP contribution in [0.5, 0.6) is 5.75 Å². The second kappa shape index (κ2) is 7.79. The number of nitrogens with one attached hydrogen (secondary N) is 2. The van der Waals surface area contributed by atoms with Crippen molar-refractivity contribution in [2.45, 2.75) is 0 Å². The van der Waals surface area contributed by atoms with Crippen molar-refractivity contribution in [3.63, 3.8) is 0 Å². The third-order valence-electron chi connectivity index (χ3n) is 3.45. The van der Waals surface area contributed by atoms with Crippen molar-refractivity contribution < 1.29 is 13.9 Å². The number of hydrogen-bond acceptors (Lipinski definition) is 5. The fraction of sp³-hybridized carbons (Fsp3) is 0.0556. The second-order valence-electron chi connectivity index (χ2n) is 5.24. The van der Waals surface area contributed by atoms with Crippen molar-refractivity contribution in [3.05, 3.63) is 71.0 Å². The number of hydrogen-bond donors (Lipinski definition) is 2. The van der Waals surface area contributed by atoms with Crippen molar-refractivity contribution in [2.24, 2.45) is 0 Å². The van der Waals surface area contributed by atoms with Crippen LogP contribution in [0.15, 0.2) is 54.6 Å². The van der Waals surface area contributed by atoms with Gasteiger partial charge in [0.1, 0.15) is 11.6 Å². The SMILES string of the molecule is COc1ccc(C(=O)Nc2ccc(Nc3ccc(F)c(Cl)c3)nn2)cc1. The van der Waals surface area contributed by atoms with Gasteiger partial charge in [-0.15, -0.1) is 10.2 Å². The summed E-state index contributed by atoms with van der Waals surface area (Å²) in [5.41, 5.74) is 1.04. The van der Waals surface area contributed by atoms with Crippen molar-refractivity contribution >= 4 is 34.8 Å². The van der Waals surface area contributed by atoms with Crippen LogP contribution in [-0.4, -0.2) is 23.2 Å². The minimum Gasteiger partial charge on any atom is -0.497 e. The molecule has 0 bridgehead atoms. The Kier molecular flexibility index (Phi) is 5.28. The van der Waals surface area contributed by atoms with E-state index in [9.17, 15) is 9.18 Å². The first-order chi connectivity index (χ1) is 12.5. The lowest BCUT2D eigenvalue weighted by molar-refractivity contribution is 0.102. The van der Waals surface area contributed by atoms with Gasteiger partial charge in [-0.1, -0.05) is 11.6 Å². The fourth-order valence-electron chi connectivity index (χ4n) is 2.12. The van der Waals surface area contributed by atoms with Crippen LogP contribution in [0.1, 0.15) is 10.4 Å². The van der Waals surface area contributed by atoms with Gasteiger partial charge in [-0.3, -0.25) is 4.79 Å². The van der Waals surface area contributed by atoms with Crippen LogP contribution in [0.3, 0.4) is 0 Å². The van der Waals surface area contributed by atoms with Gasteiger partial charge in [0.2, 0.25) is 0 Å². The van der Waals surface area contributed by atoms with E-state index in [-0.39, 0.29) is 10.9 Å². The minimum atomic E-state index is -0.500. The Hall–Kier alpha value is -3.19. The van der Waals surface area contributed by atoms with E-state index in [4.69, 9.17) is 16.3 Å². The smallest absolute Gasteiger partial charge is 0.256 e. The Labute approximate surface area is 154 Å². The molecule has 0 unspecified atom stereocenters. The van der Waals surface area contributed by atoms with Crippen molar-refractivity contribution in [1.82, 2.24) is 10.2 Å². The highest BCUT2D eigenvalue weighted by atomic mass is 35.5. The first-order valence-electron chi connectivity index (χ1n) is 7.56. The lowest BCUT2D eigenvalue weighted by Gasteiger charge is -2.08. The summed E-state index contributed by atoms with van der Waals surface area (Å²) in [6.07, 6.45) is 0. The molecule has 0 saturated carbocycles. The lowest BCUT2D eigenvalue weighted by Crippen LogP contribution is -2.13. The van der Waals surface area contributed by atoms with Crippen LogP contribution in [0.4, 0.5) is 21.7 Å². The first-order valence-corrected chi connectivity index (χ1v) is 7.94. The Bertz CT molecular complexity index is 917. The number of carbonyl (C=O) groups is 1. The lowest BCUT2D eigenvalue weighted by atomic mass is 10.2. The summed E-state index contributed by atoms with van der Waals surface area (Å²) in [6, 6.07) is 14.1. The molecular weight excluding hydrogens is 359 g/mol. The Morgan fingerprint density at radius 2 is 1.73 bits per heavy atom. The number of rotatable bonds is 5. The molecule has 2 N–H and O–H groups in total. The van der Waals surface area contributed by atoms with E-state index >= 15 is 0 Å². The molecular formula is C18H14ClFN4O2. The molecule has 1 amide bonds. The van der Waals surface area contributed by atoms with Gasteiger partial charge in [-0.25, -0.2) is 4.39 Å². The summed E-state index contributed by atoms with van der Waals surface area (Å²) in [7, 11) is 1.56. The molecule has 6 nitrogen and oxygen atoms in total. The van der Waals surface area contributed by atoms with E-state index in [1.165, 1.54) is 18.2 Å². The third-order valence-corrected chi connectivity index (χ3v) is 3.74. The van der Waals surface area contributed by atoms with Gasteiger partial charge in [0.05, 0.1) is 12.1 Å². The number of anilines is 3. The molecule has 0 aliphatic carbocycles. The minimum absolute atomic E-state index is 0.00587. The van der Waals surface area contributed by atoms with Gasteiger partial charge in [-0.05, 0) is 54.6 Å². The van der Waals surface area contributed by atoms with Gasteiger partial charge in [0, 0.05) is 11.3 Å². The number of ether oxygens (including phenoxy) is 1. The number of nitrogens with zero attached hydrogens (tertiary/aromatic N) is 2. The largest absolute Gasteiger partial charge is 0.497 e. The molecule has 0 atom stereocenters. The van der Waals surface area contributed by atoms with Crippen LogP contribution in [0.25, 0.3) is 0 Å². The Balaban J connectivity index is 1.65. The standard InChI is InChI=1S/C18H14ClFN4O2/c1-26-13-5-2-11(3-6-13)18(25)22-17-9-8-16(23-24-17)21-12-4-7-15(20)14(19)10-12/h2-10H,1H3,(H,21,23)(H,22,24,25). The molecule has 0 radical (unpaired) electrons. The van der Waals surface area contributed by atoms with Crippen LogP contribution in [0.2, 0.25) is 5.02 Å². The zero-order chi connectivity index (χ0) is 18.5. The maximum absolute atomic E-state index is 13.2. The molecule has 132 valence electrons. The van der Waals surface area contributed by atoms with Crippen molar-refractivity contribution in [2.75, 3.05) is 17.7 Å². The topological polar surface area (TPSA) is 76.1 Å². The summed E-state index contributed by atoms with van der Waals surface area (Å²) in [5, 5.41) is 13.5. The molecule has 3 aromatic rings. The number of amides is 1. The predicted octanol–water partition coefficient (Wildman–Crippen LogP) is 4.27. The first kappa shape index (κ1) is 17.6. The van der Waals surface area contributed by atoms with E-state index in [1.54, 1.807) is 43.5 Å². The van der Waals surface area contributed by atoms with Crippen molar-refractivity contribution in [1.29, 1.82) is 0 Å². The van der Waals surface area contributed by atoms with Gasteiger partial charge in [-0.2, -0.15) is 0 Å².